The van der Waals surface area contributed by atoms with Crippen molar-refractivity contribution in [3.63, 3.8) is 0 Å². The Morgan fingerprint density at radius 1 is 1.00 bits per heavy atom. The van der Waals surface area contributed by atoms with E-state index in [1.54, 1.807) is 12.1 Å². The van der Waals surface area contributed by atoms with Crippen LogP contribution in [0.3, 0.4) is 0 Å². The van der Waals surface area contributed by atoms with Crippen molar-refractivity contribution in [1.82, 2.24) is 0 Å². The molecule has 11 heteroatoms. The summed E-state index contributed by atoms with van der Waals surface area (Å²) in [5, 5.41) is 7.61. The number of alkyl halides is 3. The molecule has 0 radical (unpaired) electrons. The van der Waals surface area contributed by atoms with Gasteiger partial charge in [-0.1, -0.05) is 12.1 Å². The third-order valence-corrected chi connectivity index (χ3v) is 5.78. The molecule has 3 N–H and O–H groups in total. The zero-order valence-electron chi connectivity index (χ0n) is 14.1. The number of hydrogen-bond acceptors (Lipinski definition) is 5. The van der Waals surface area contributed by atoms with E-state index in [0.717, 1.165) is 17.9 Å². The lowest BCUT2D eigenvalue weighted by atomic mass is 10.1. The van der Waals surface area contributed by atoms with Crippen molar-refractivity contribution in [2.45, 2.75) is 22.4 Å². The van der Waals surface area contributed by atoms with E-state index < -0.39 is 36.5 Å². The average Bonchev–Trinajstić information content (AvgIpc) is 2.52. The average molecular weight is 422 g/mol. The molecule has 0 fully saturated rings. The van der Waals surface area contributed by atoms with Crippen molar-refractivity contribution >= 4 is 25.5 Å². The summed E-state index contributed by atoms with van der Waals surface area (Å²) in [5.41, 5.74) is -0.470. The third-order valence-electron chi connectivity index (χ3n) is 3.69. The SMILES string of the molecule is CS(=O)(=O)c1ccc(CCNc2ccc(S(N)(=O)=O)c(C(F)(F)F)c2)cc1. The van der Waals surface area contributed by atoms with Gasteiger partial charge in [-0.15, -0.1) is 0 Å². The van der Waals surface area contributed by atoms with Gasteiger partial charge in [-0.05, 0) is 42.3 Å². The van der Waals surface area contributed by atoms with Crippen molar-refractivity contribution < 1.29 is 30.0 Å². The van der Waals surface area contributed by atoms with Crippen LogP contribution < -0.4 is 10.5 Å². The molecule has 148 valence electrons. The molecule has 0 spiro atoms. The highest BCUT2D eigenvalue weighted by Crippen LogP contribution is 2.35. The second-order valence-corrected chi connectivity index (χ2v) is 9.39. The molecule has 0 aliphatic rings. The summed E-state index contributed by atoms with van der Waals surface area (Å²) < 4.78 is 84.7. The predicted octanol–water partition coefficient (Wildman–Crippen LogP) is 2.41. The van der Waals surface area contributed by atoms with Crippen LogP contribution in [0, 0.1) is 0 Å². The Bertz CT molecular complexity index is 1030. The van der Waals surface area contributed by atoms with Gasteiger partial charge in [0, 0.05) is 18.5 Å². The lowest BCUT2D eigenvalue weighted by molar-refractivity contribution is -0.139. The standard InChI is InChI=1S/C16H17F3N2O4S2/c1-26(22,23)13-5-2-11(3-6-13)8-9-21-12-4-7-15(27(20,24)25)14(10-12)16(17,18)19/h2-7,10,21H,8-9H2,1H3,(H2,20,24,25). The maximum atomic E-state index is 13.1. The molecule has 0 aromatic heterocycles. The number of sulfonamides is 1. The van der Waals surface area contributed by atoms with Gasteiger partial charge in [-0.2, -0.15) is 13.2 Å². The van der Waals surface area contributed by atoms with Crippen LogP contribution >= 0.6 is 0 Å². The van der Waals surface area contributed by atoms with Crippen LogP contribution in [0.25, 0.3) is 0 Å². The monoisotopic (exact) mass is 422 g/mol. The van der Waals surface area contributed by atoms with Crippen molar-refractivity contribution in [3.8, 4) is 0 Å². The van der Waals surface area contributed by atoms with Crippen molar-refractivity contribution in [2.75, 3.05) is 18.1 Å². The normalized spacial score (nSPS) is 12.8. The van der Waals surface area contributed by atoms with Crippen molar-refractivity contribution in [3.05, 3.63) is 53.6 Å². The second kappa shape index (κ2) is 7.49. The molecule has 0 unspecified atom stereocenters. The lowest BCUT2D eigenvalue weighted by Crippen LogP contribution is -2.19. The third kappa shape index (κ3) is 5.68. The fourth-order valence-corrected chi connectivity index (χ4v) is 3.73. The number of benzene rings is 2. The van der Waals surface area contributed by atoms with Crippen LogP contribution in [0.2, 0.25) is 0 Å². The van der Waals surface area contributed by atoms with E-state index >= 15 is 0 Å². The molecule has 6 nitrogen and oxygen atoms in total. The first-order chi connectivity index (χ1) is 12.3. The Hall–Kier alpha value is -2.11. The van der Waals surface area contributed by atoms with E-state index in [2.05, 4.69) is 5.32 Å². The number of nitrogens with one attached hydrogen (secondary N) is 1. The molecule has 2 aromatic carbocycles. The van der Waals surface area contributed by atoms with Gasteiger partial charge >= 0.3 is 6.18 Å². The number of sulfone groups is 1. The van der Waals surface area contributed by atoms with E-state index in [1.165, 1.54) is 18.2 Å². The van der Waals surface area contributed by atoms with E-state index in [4.69, 9.17) is 5.14 Å². The Balaban J connectivity index is 2.12. The molecule has 2 aromatic rings. The molecule has 0 aliphatic heterocycles. The maximum absolute atomic E-state index is 13.1. The molecule has 0 aliphatic carbocycles. The summed E-state index contributed by atoms with van der Waals surface area (Å²) in [4.78, 5) is -0.815. The van der Waals surface area contributed by atoms with Gasteiger partial charge < -0.3 is 5.32 Å². The minimum absolute atomic E-state index is 0.0856. The quantitative estimate of drug-likeness (QED) is 0.744. The molecule has 2 rings (SSSR count). The Kier molecular flexibility index (Phi) is 5.88. The Morgan fingerprint density at radius 3 is 2.07 bits per heavy atom. The highest BCUT2D eigenvalue weighted by Gasteiger charge is 2.36. The maximum Gasteiger partial charge on any atom is 0.417 e. The summed E-state index contributed by atoms with van der Waals surface area (Å²) in [6, 6.07) is 8.82. The summed E-state index contributed by atoms with van der Waals surface area (Å²) in [5.74, 6) is 0. The minimum Gasteiger partial charge on any atom is -0.385 e. The van der Waals surface area contributed by atoms with Gasteiger partial charge in [0.25, 0.3) is 0 Å². The number of hydrogen-bond donors (Lipinski definition) is 2. The van der Waals surface area contributed by atoms with Gasteiger partial charge in [0.1, 0.15) is 0 Å². The fourth-order valence-electron chi connectivity index (χ4n) is 2.36. The Morgan fingerprint density at radius 2 is 1.59 bits per heavy atom. The largest absolute Gasteiger partial charge is 0.417 e. The molecular weight excluding hydrogens is 405 g/mol. The summed E-state index contributed by atoms with van der Waals surface area (Å²) >= 11 is 0. The van der Waals surface area contributed by atoms with E-state index in [1.807, 2.05) is 0 Å². The zero-order chi connectivity index (χ0) is 20.5. The van der Waals surface area contributed by atoms with Crippen LogP contribution in [0.15, 0.2) is 52.3 Å². The highest BCUT2D eigenvalue weighted by molar-refractivity contribution is 7.90. The van der Waals surface area contributed by atoms with E-state index in [0.29, 0.717) is 12.5 Å². The van der Waals surface area contributed by atoms with Gasteiger partial charge in [-0.25, -0.2) is 22.0 Å². The fraction of sp³-hybridized carbons (Fsp3) is 0.250. The van der Waals surface area contributed by atoms with Gasteiger partial charge in [-0.3, -0.25) is 0 Å². The van der Waals surface area contributed by atoms with E-state index in [-0.39, 0.29) is 17.1 Å². The molecule has 0 bridgehead atoms. The zero-order valence-corrected chi connectivity index (χ0v) is 15.7. The van der Waals surface area contributed by atoms with Crippen molar-refractivity contribution in [1.29, 1.82) is 0 Å². The number of anilines is 1. The molecule has 0 saturated heterocycles. The van der Waals surface area contributed by atoms with Crippen LogP contribution in [-0.2, 0) is 32.5 Å². The molecule has 0 saturated carbocycles. The van der Waals surface area contributed by atoms with Gasteiger partial charge in [0.05, 0.1) is 15.4 Å². The molecular formula is C16H17F3N2O4S2. The van der Waals surface area contributed by atoms with Crippen LogP contribution in [-0.4, -0.2) is 29.6 Å². The first kappa shape index (κ1) is 21.2. The minimum atomic E-state index is -4.87. The molecule has 0 amide bonds. The molecule has 0 atom stereocenters. The number of primary sulfonamides is 1. The highest BCUT2D eigenvalue weighted by atomic mass is 32.2. The Labute approximate surface area is 155 Å². The van der Waals surface area contributed by atoms with Crippen LogP contribution in [0.4, 0.5) is 18.9 Å². The molecule has 27 heavy (non-hydrogen) atoms. The van der Waals surface area contributed by atoms with Gasteiger partial charge in [0.15, 0.2) is 9.84 Å². The van der Waals surface area contributed by atoms with Gasteiger partial charge in [0.2, 0.25) is 10.0 Å². The topological polar surface area (TPSA) is 106 Å². The van der Waals surface area contributed by atoms with Crippen molar-refractivity contribution in [2.24, 2.45) is 5.14 Å². The summed E-state index contributed by atoms with van der Waals surface area (Å²) in [6.45, 7) is 0.254. The van der Waals surface area contributed by atoms with Crippen LogP contribution in [0.5, 0.6) is 0 Å². The first-order valence-corrected chi connectivity index (χ1v) is 11.0. The lowest BCUT2D eigenvalue weighted by Gasteiger charge is -2.14. The predicted molar refractivity (Wildman–Crippen MR) is 94.6 cm³/mol. The second-order valence-electron chi connectivity index (χ2n) is 5.85. The molecule has 0 heterocycles. The number of halogens is 3. The van der Waals surface area contributed by atoms with Crippen LogP contribution in [0.1, 0.15) is 11.1 Å². The number of nitrogens with two attached hydrogens (primary N) is 1. The smallest absolute Gasteiger partial charge is 0.385 e. The summed E-state index contributed by atoms with van der Waals surface area (Å²) in [6.07, 6.45) is -3.36. The number of rotatable bonds is 6. The first-order valence-electron chi connectivity index (χ1n) is 7.55. The van der Waals surface area contributed by atoms with E-state index in [9.17, 15) is 30.0 Å². The summed E-state index contributed by atoms with van der Waals surface area (Å²) in [7, 11) is -7.81.